The van der Waals surface area contributed by atoms with Crippen LogP contribution in [0.5, 0.6) is 0 Å². The van der Waals surface area contributed by atoms with Gasteiger partial charge in [0.15, 0.2) is 0 Å². The molecule has 1 aromatic carbocycles. The van der Waals surface area contributed by atoms with Crippen molar-refractivity contribution in [1.82, 2.24) is 0 Å². The first-order chi connectivity index (χ1) is 10.5. The van der Waals surface area contributed by atoms with E-state index < -0.39 is 0 Å². The van der Waals surface area contributed by atoms with Crippen LogP contribution < -0.4 is 5.32 Å². The summed E-state index contributed by atoms with van der Waals surface area (Å²) in [6.07, 6.45) is 4.57. The number of ketones is 1. The Kier molecular flexibility index (Phi) is 4.07. The lowest BCUT2D eigenvalue weighted by Gasteiger charge is -2.37. The van der Waals surface area contributed by atoms with Crippen LogP contribution in [0.15, 0.2) is 12.1 Å². The van der Waals surface area contributed by atoms with Gasteiger partial charge in [0, 0.05) is 23.4 Å². The van der Waals surface area contributed by atoms with Gasteiger partial charge in [-0.3, -0.25) is 9.59 Å². The minimum atomic E-state index is -0.00639. The molecule has 2 fully saturated rings. The molecule has 1 N–H and O–H groups in total. The summed E-state index contributed by atoms with van der Waals surface area (Å²) in [5.41, 5.74) is 4.37. The molecule has 3 atom stereocenters. The summed E-state index contributed by atoms with van der Waals surface area (Å²) in [5, 5.41) is 3.13. The molecule has 22 heavy (non-hydrogen) atoms. The molecular weight excluding hydrogens is 274 g/mol. The Morgan fingerprint density at radius 1 is 1.05 bits per heavy atom. The van der Waals surface area contributed by atoms with E-state index in [9.17, 15) is 9.59 Å². The Labute approximate surface area is 132 Å². The van der Waals surface area contributed by atoms with Crippen molar-refractivity contribution >= 4 is 17.4 Å². The van der Waals surface area contributed by atoms with Gasteiger partial charge in [-0.2, -0.15) is 0 Å². The van der Waals surface area contributed by atoms with Crippen molar-refractivity contribution in [3.63, 3.8) is 0 Å². The number of anilines is 1. The van der Waals surface area contributed by atoms with Crippen molar-refractivity contribution in [1.29, 1.82) is 0 Å². The first-order valence-electron chi connectivity index (χ1n) is 8.38. The molecule has 2 bridgehead atoms. The molecule has 0 aromatic heterocycles. The SMILES string of the molecule is Cc1cc(C)c(NC(=O)C2C[C@H]3CCC[C@@H](C2)C3=O)c(C)c1. The van der Waals surface area contributed by atoms with Gasteiger partial charge in [0.05, 0.1) is 0 Å². The van der Waals surface area contributed by atoms with E-state index in [-0.39, 0.29) is 23.7 Å². The zero-order chi connectivity index (χ0) is 15.9. The number of nitrogens with one attached hydrogen (secondary N) is 1. The van der Waals surface area contributed by atoms with Crippen LogP contribution in [0.3, 0.4) is 0 Å². The standard InChI is InChI=1S/C19H25NO2/c1-11-7-12(2)17(13(3)8-11)20-19(22)16-9-14-5-4-6-15(10-16)18(14)21/h7-8,14-16H,4-6,9-10H2,1-3H3,(H,20,22)/t14-,15+,16?. The Bertz CT molecular complexity index is 581. The molecule has 2 aliphatic carbocycles. The van der Waals surface area contributed by atoms with E-state index in [0.29, 0.717) is 5.78 Å². The summed E-state index contributed by atoms with van der Waals surface area (Å²) in [5.74, 6) is 0.762. The van der Waals surface area contributed by atoms with Crippen LogP contribution in [0, 0.1) is 38.5 Å². The van der Waals surface area contributed by atoms with Gasteiger partial charge in [0.25, 0.3) is 0 Å². The van der Waals surface area contributed by atoms with E-state index in [1.165, 1.54) is 5.56 Å². The monoisotopic (exact) mass is 299 g/mol. The van der Waals surface area contributed by atoms with E-state index in [1.54, 1.807) is 0 Å². The Balaban J connectivity index is 1.74. The summed E-state index contributed by atoms with van der Waals surface area (Å²) >= 11 is 0. The average Bonchev–Trinajstić information content (AvgIpc) is 2.42. The van der Waals surface area contributed by atoms with Crippen molar-refractivity contribution < 1.29 is 9.59 Å². The third kappa shape index (κ3) is 2.81. The first kappa shape index (κ1) is 15.3. The molecule has 0 saturated heterocycles. The number of rotatable bonds is 2. The minimum Gasteiger partial charge on any atom is -0.325 e. The number of Topliss-reactive ketones (excluding diaryl/α,β-unsaturated/α-hetero) is 1. The van der Waals surface area contributed by atoms with Crippen molar-refractivity contribution in [2.24, 2.45) is 17.8 Å². The van der Waals surface area contributed by atoms with Crippen LogP contribution in [0.1, 0.15) is 48.8 Å². The van der Waals surface area contributed by atoms with E-state index >= 15 is 0 Å². The van der Waals surface area contributed by atoms with E-state index in [4.69, 9.17) is 0 Å². The number of benzene rings is 1. The number of amides is 1. The van der Waals surface area contributed by atoms with Gasteiger partial charge >= 0.3 is 0 Å². The van der Waals surface area contributed by atoms with Gasteiger partial charge < -0.3 is 5.32 Å². The third-order valence-corrected chi connectivity index (χ3v) is 5.34. The second-order valence-electron chi connectivity index (χ2n) is 7.16. The summed E-state index contributed by atoms with van der Waals surface area (Å²) in [7, 11) is 0. The lowest BCUT2D eigenvalue weighted by molar-refractivity contribution is -0.136. The van der Waals surface area contributed by atoms with Gasteiger partial charge in [-0.05, 0) is 57.6 Å². The van der Waals surface area contributed by atoms with Crippen molar-refractivity contribution in [2.45, 2.75) is 52.9 Å². The molecule has 1 amide bonds. The number of hydrogen-bond donors (Lipinski definition) is 1. The number of fused-ring (bicyclic) bond motifs is 2. The third-order valence-electron chi connectivity index (χ3n) is 5.34. The molecule has 3 nitrogen and oxygen atoms in total. The fourth-order valence-electron chi connectivity index (χ4n) is 4.30. The fourth-order valence-corrected chi connectivity index (χ4v) is 4.30. The van der Waals surface area contributed by atoms with Crippen molar-refractivity contribution in [3.8, 4) is 0 Å². The Morgan fingerprint density at radius 3 is 2.14 bits per heavy atom. The first-order valence-corrected chi connectivity index (χ1v) is 8.38. The Morgan fingerprint density at radius 2 is 1.59 bits per heavy atom. The molecule has 0 radical (unpaired) electrons. The van der Waals surface area contributed by atoms with Crippen LogP contribution in [0.4, 0.5) is 5.69 Å². The van der Waals surface area contributed by atoms with Gasteiger partial charge in [-0.1, -0.05) is 24.1 Å². The second kappa shape index (κ2) is 5.86. The van der Waals surface area contributed by atoms with Crippen LogP contribution in [0.25, 0.3) is 0 Å². The predicted molar refractivity (Wildman–Crippen MR) is 87.8 cm³/mol. The number of carbonyl (C=O) groups excluding carboxylic acids is 2. The molecule has 0 heterocycles. The van der Waals surface area contributed by atoms with Gasteiger partial charge in [-0.15, -0.1) is 0 Å². The summed E-state index contributed by atoms with van der Waals surface area (Å²) < 4.78 is 0. The number of aryl methyl sites for hydroxylation is 3. The van der Waals surface area contributed by atoms with Crippen molar-refractivity contribution in [3.05, 3.63) is 28.8 Å². The maximum absolute atomic E-state index is 12.7. The largest absolute Gasteiger partial charge is 0.325 e. The summed E-state index contributed by atoms with van der Waals surface area (Å²) in [6.45, 7) is 6.14. The molecule has 2 aliphatic rings. The molecule has 1 aromatic rings. The van der Waals surface area contributed by atoms with Gasteiger partial charge in [0.1, 0.15) is 5.78 Å². The quantitative estimate of drug-likeness (QED) is 0.899. The highest BCUT2D eigenvalue weighted by molar-refractivity contribution is 5.96. The average molecular weight is 299 g/mol. The van der Waals surface area contributed by atoms with E-state index in [1.807, 2.05) is 13.8 Å². The molecule has 0 spiro atoms. The summed E-state index contributed by atoms with van der Waals surface area (Å²) in [4.78, 5) is 24.8. The lowest BCUT2D eigenvalue weighted by Crippen LogP contribution is -2.40. The fraction of sp³-hybridized carbons (Fsp3) is 0.579. The smallest absolute Gasteiger partial charge is 0.227 e. The zero-order valence-corrected chi connectivity index (χ0v) is 13.7. The molecule has 118 valence electrons. The molecule has 1 unspecified atom stereocenters. The maximum Gasteiger partial charge on any atom is 0.227 e. The highest BCUT2D eigenvalue weighted by Crippen LogP contribution is 2.40. The lowest BCUT2D eigenvalue weighted by atomic mass is 9.67. The molecule has 3 rings (SSSR count). The van der Waals surface area contributed by atoms with Gasteiger partial charge in [-0.25, -0.2) is 0 Å². The molecular formula is C19H25NO2. The van der Waals surface area contributed by atoms with Crippen LogP contribution in [0.2, 0.25) is 0 Å². The molecule has 2 saturated carbocycles. The van der Waals surface area contributed by atoms with E-state index in [0.717, 1.165) is 48.9 Å². The topological polar surface area (TPSA) is 46.2 Å². The van der Waals surface area contributed by atoms with Crippen LogP contribution in [-0.2, 0) is 9.59 Å². The predicted octanol–water partition coefficient (Wildman–Crippen LogP) is 3.95. The van der Waals surface area contributed by atoms with Crippen molar-refractivity contribution in [2.75, 3.05) is 5.32 Å². The molecule has 3 heteroatoms. The second-order valence-corrected chi connectivity index (χ2v) is 7.16. The number of carbonyl (C=O) groups is 2. The number of hydrogen-bond acceptors (Lipinski definition) is 2. The maximum atomic E-state index is 12.7. The summed E-state index contributed by atoms with van der Waals surface area (Å²) in [6, 6.07) is 4.20. The normalized spacial score (nSPS) is 27.6. The van der Waals surface area contributed by atoms with Crippen LogP contribution in [-0.4, -0.2) is 11.7 Å². The van der Waals surface area contributed by atoms with Crippen LogP contribution >= 0.6 is 0 Å². The minimum absolute atomic E-state index is 0.00639. The molecule has 0 aliphatic heterocycles. The Hall–Kier alpha value is -1.64. The van der Waals surface area contributed by atoms with Gasteiger partial charge in [0.2, 0.25) is 5.91 Å². The zero-order valence-electron chi connectivity index (χ0n) is 13.7. The van der Waals surface area contributed by atoms with E-state index in [2.05, 4.69) is 24.4 Å². The highest BCUT2D eigenvalue weighted by Gasteiger charge is 2.41. The highest BCUT2D eigenvalue weighted by atomic mass is 16.2.